The van der Waals surface area contributed by atoms with Gasteiger partial charge in [-0.1, -0.05) is 56.0 Å². The molecule has 1 aromatic rings. The van der Waals surface area contributed by atoms with Crippen LogP contribution < -0.4 is 5.32 Å². The first-order valence-electron chi connectivity index (χ1n) is 7.71. The van der Waals surface area contributed by atoms with Crippen LogP contribution in [0.1, 0.15) is 44.1 Å². The number of carboxylic acid groups (broad SMARTS) is 1. The van der Waals surface area contributed by atoms with Crippen molar-refractivity contribution >= 4 is 11.9 Å². The molecule has 4 heteroatoms. The van der Waals surface area contributed by atoms with Crippen molar-refractivity contribution in [2.45, 2.75) is 51.0 Å². The standard InChI is InChI=1S/C17H23NO3/c19-16(11-10-13-6-4-5-7-13)18-15(17(20)21)12-14-8-2-1-3-9-14/h1-3,8-9,13,15H,4-7,10-12H2,(H,18,19)(H,20,21)/t15-/m1/s1. The highest BCUT2D eigenvalue weighted by molar-refractivity contribution is 5.83. The molecule has 4 nitrogen and oxygen atoms in total. The van der Waals surface area contributed by atoms with Gasteiger partial charge >= 0.3 is 5.97 Å². The normalized spacial score (nSPS) is 16.6. The molecule has 2 N–H and O–H groups in total. The predicted octanol–water partition coefficient (Wildman–Crippen LogP) is 2.77. The van der Waals surface area contributed by atoms with E-state index >= 15 is 0 Å². The van der Waals surface area contributed by atoms with E-state index in [1.807, 2.05) is 30.3 Å². The van der Waals surface area contributed by atoms with Crippen LogP contribution in [0.3, 0.4) is 0 Å². The summed E-state index contributed by atoms with van der Waals surface area (Å²) < 4.78 is 0. The fraction of sp³-hybridized carbons (Fsp3) is 0.529. The van der Waals surface area contributed by atoms with Gasteiger partial charge < -0.3 is 10.4 Å². The van der Waals surface area contributed by atoms with Crippen LogP contribution in [-0.4, -0.2) is 23.0 Å². The van der Waals surface area contributed by atoms with Crippen molar-refractivity contribution in [2.24, 2.45) is 5.92 Å². The summed E-state index contributed by atoms with van der Waals surface area (Å²) in [7, 11) is 0. The smallest absolute Gasteiger partial charge is 0.326 e. The summed E-state index contributed by atoms with van der Waals surface area (Å²) in [6, 6.07) is 8.54. The highest BCUT2D eigenvalue weighted by atomic mass is 16.4. The Morgan fingerprint density at radius 3 is 2.48 bits per heavy atom. The minimum Gasteiger partial charge on any atom is -0.480 e. The number of aliphatic carboxylic acids is 1. The number of rotatable bonds is 7. The molecular weight excluding hydrogens is 266 g/mol. The van der Waals surface area contributed by atoms with Gasteiger partial charge in [0.25, 0.3) is 0 Å². The Balaban J connectivity index is 1.81. The monoisotopic (exact) mass is 289 g/mol. The van der Waals surface area contributed by atoms with Crippen molar-refractivity contribution in [3.05, 3.63) is 35.9 Å². The van der Waals surface area contributed by atoms with Crippen LogP contribution in [0, 0.1) is 5.92 Å². The molecule has 0 radical (unpaired) electrons. The van der Waals surface area contributed by atoms with Gasteiger partial charge in [-0.15, -0.1) is 0 Å². The van der Waals surface area contributed by atoms with Gasteiger partial charge in [-0.2, -0.15) is 0 Å². The number of nitrogens with one attached hydrogen (secondary N) is 1. The van der Waals surface area contributed by atoms with E-state index in [9.17, 15) is 14.7 Å². The molecule has 0 unspecified atom stereocenters. The Bertz CT molecular complexity index is 466. The maximum absolute atomic E-state index is 11.9. The Morgan fingerprint density at radius 1 is 1.19 bits per heavy atom. The summed E-state index contributed by atoms with van der Waals surface area (Å²) in [5, 5.41) is 11.9. The zero-order valence-electron chi connectivity index (χ0n) is 12.3. The van der Waals surface area contributed by atoms with E-state index in [2.05, 4.69) is 5.32 Å². The van der Waals surface area contributed by atoms with Crippen molar-refractivity contribution in [1.82, 2.24) is 5.32 Å². The maximum Gasteiger partial charge on any atom is 0.326 e. The first kappa shape index (κ1) is 15.5. The summed E-state index contributed by atoms with van der Waals surface area (Å²) in [5.41, 5.74) is 0.918. The van der Waals surface area contributed by atoms with Crippen LogP contribution in [0.25, 0.3) is 0 Å². The van der Waals surface area contributed by atoms with Crippen molar-refractivity contribution in [3.8, 4) is 0 Å². The number of amides is 1. The number of carbonyl (C=O) groups is 2. The minimum absolute atomic E-state index is 0.148. The summed E-state index contributed by atoms with van der Waals surface area (Å²) in [6.45, 7) is 0. The van der Waals surface area contributed by atoms with Crippen LogP contribution in [0.15, 0.2) is 30.3 Å². The molecule has 0 spiro atoms. The average molecular weight is 289 g/mol. The van der Waals surface area contributed by atoms with Crippen molar-refractivity contribution in [3.63, 3.8) is 0 Å². The van der Waals surface area contributed by atoms with Gasteiger partial charge in [-0.05, 0) is 17.9 Å². The van der Waals surface area contributed by atoms with Gasteiger partial charge in [0.15, 0.2) is 0 Å². The third-order valence-corrected chi connectivity index (χ3v) is 4.17. The topological polar surface area (TPSA) is 66.4 Å². The maximum atomic E-state index is 11.9. The van der Waals surface area contributed by atoms with Gasteiger partial charge in [0.05, 0.1) is 0 Å². The van der Waals surface area contributed by atoms with Crippen LogP contribution in [0.4, 0.5) is 0 Å². The number of carbonyl (C=O) groups excluding carboxylic acids is 1. The minimum atomic E-state index is -0.979. The van der Waals surface area contributed by atoms with E-state index in [-0.39, 0.29) is 5.91 Å². The highest BCUT2D eigenvalue weighted by Gasteiger charge is 2.21. The Hall–Kier alpha value is -1.84. The second kappa shape index (κ2) is 7.81. The van der Waals surface area contributed by atoms with Crippen LogP contribution in [0.5, 0.6) is 0 Å². The molecular formula is C17H23NO3. The number of carboxylic acids is 1. The van der Waals surface area contributed by atoms with Gasteiger partial charge in [-0.3, -0.25) is 4.79 Å². The number of hydrogen-bond donors (Lipinski definition) is 2. The average Bonchev–Trinajstić information content (AvgIpc) is 2.99. The highest BCUT2D eigenvalue weighted by Crippen LogP contribution is 2.28. The fourth-order valence-corrected chi connectivity index (χ4v) is 2.95. The quantitative estimate of drug-likeness (QED) is 0.811. The van der Waals surface area contributed by atoms with Gasteiger partial charge in [0.1, 0.15) is 6.04 Å². The molecule has 1 aliphatic carbocycles. The van der Waals surface area contributed by atoms with Gasteiger partial charge in [-0.25, -0.2) is 4.79 Å². The van der Waals surface area contributed by atoms with Crippen molar-refractivity contribution in [2.75, 3.05) is 0 Å². The van der Waals surface area contributed by atoms with Gasteiger partial charge in [0.2, 0.25) is 5.91 Å². The summed E-state index contributed by atoms with van der Waals surface area (Å²) in [4.78, 5) is 23.2. The molecule has 0 heterocycles. The molecule has 1 atom stereocenters. The molecule has 2 rings (SSSR count). The first-order valence-corrected chi connectivity index (χ1v) is 7.71. The molecule has 1 aromatic carbocycles. The summed E-state index contributed by atoms with van der Waals surface area (Å²) in [5.74, 6) is -0.480. The Morgan fingerprint density at radius 2 is 1.86 bits per heavy atom. The Kier molecular flexibility index (Phi) is 5.78. The number of hydrogen-bond acceptors (Lipinski definition) is 2. The van der Waals surface area contributed by atoms with Crippen molar-refractivity contribution < 1.29 is 14.7 Å². The van der Waals surface area contributed by atoms with E-state index < -0.39 is 12.0 Å². The summed E-state index contributed by atoms with van der Waals surface area (Å²) >= 11 is 0. The van der Waals surface area contributed by atoms with E-state index in [0.717, 1.165) is 12.0 Å². The SMILES string of the molecule is O=C(CCC1CCCC1)N[C@H](Cc1ccccc1)C(=O)O. The van der Waals surface area contributed by atoms with Gasteiger partial charge in [0, 0.05) is 12.8 Å². The molecule has 1 fully saturated rings. The second-order valence-corrected chi connectivity index (χ2v) is 5.84. The third-order valence-electron chi connectivity index (χ3n) is 4.17. The van der Waals surface area contributed by atoms with Crippen molar-refractivity contribution in [1.29, 1.82) is 0 Å². The lowest BCUT2D eigenvalue weighted by molar-refractivity contribution is -0.141. The lowest BCUT2D eigenvalue weighted by Gasteiger charge is -2.15. The molecule has 21 heavy (non-hydrogen) atoms. The second-order valence-electron chi connectivity index (χ2n) is 5.84. The molecule has 1 aliphatic rings. The predicted molar refractivity (Wildman–Crippen MR) is 80.9 cm³/mol. The molecule has 1 saturated carbocycles. The van der Waals surface area contributed by atoms with E-state index in [1.165, 1.54) is 25.7 Å². The Labute approximate surface area is 125 Å². The number of benzene rings is 1. The zero-order valence-corrected chi connectivity index (χ0v) is 12.3. The largest absolute Gasteiger partial charge is 0.480 e. The molecule has 0 bridgehead atoms. The fourth-order valence-electron chi connectivity index (χ4n) is 2.95. The van der Waals surface area contributed by atoms with Crippen LogP contribution in [-0.2, 0) is 16.0 Å². The third kappa shape index (κ3) is 5.21. The van der Waals surface area contributed by atoms with E-state index in [1.54, 1.807) is 0 Å². The molecule has 1 amide bonds. The summed E-state index contributed by atoms with van der Waals surface area (Å²) in [6.07, 6.45) is 6.58. The lowest BCUT2D eigenvalue weighted by Crippen LogP contribution is -2.42. The van der Waals surface area contributed by atoms with Crippen LogP contribution >= 0.6 is 0 Å². The van der Waals surface area contributed by atoms with E-state index in [0.29, 0.717) is 18.8 Å². The molecule has 0 saturated heterocycles. The first-order chi connectivity index (χ1) is 10.1. The van der Waals surface area contributed by atoms with Crippen LogP contribution in [0.2, 0.25) is 0 Å². The molecule has 0 aromatic heterocycles. The zero-order chi connectivity index (χ0) is 15.1. The lowest BCUT2D eigenvalue weighted by atomic mass is 10.0. The molecule has 0 aliphatic heterocycles. The molecule has 114 valence electrons. The van der Waals surface area contributed by atoms with E-state index in [4.69, 9.17) is 0 Å².